The Morgan fingerprint density at radius 1 is 1.17 bits per heavy atom. The maximum absolute atomic E-state index is 13.0. The Labute approximate surface area is 178 Å². The third-order valence-electron chi connectivity index (χ3n) is 5.99. The number of nitrogens with zero attached hydrogens (tertiary/aromatic N) is 3. The van der Waals surface area contributed by atoms with E-state index in [9.17, 15) is 4.79 Å². The lowest BCUT2D eigenvalue weighted by molar-refractivity contribution is 0.0710. The van der Waals surface area contributed by atoms with Crippen LogP contribution in [0.4, 0.5) is 0 Å². The van der Waals surface area contributed by atoms with Gasteiger partial charge in [-0.25, -0.2) is 4.98 Å². The number of H-pyrrole nitrogens is 1. The van der Waals surface area contributed by atoms with Crippen molar-refractivity contribution >= 4 is 5.91 Å². The highest BCUT2D eigenvalue weighted by molar-refractivity contribution is 5.95. The molecule has 2 heterocycles. The fraction of sp³-hybridized carbons (Fsp3) is 0.609. The highest BCUT2D eigenvalue weighted by Gasteiger charge is 2.31. The zero-order valence-corrected chi connectivity index (χ0v) is 18.2. The number of rotatable bonds is 8. The molecule has 1 aliphatic carbocycles. The van der Waals surface area contributed by atoms with Crippen molar-refractivity contribution in [2.75, 3.05) is 26.8 Å². The second kappa shape index (κ2) is 9.06. The summed E-state index contributed by atoms with van der Waals surface area (Å²) in [5.41, 5.74) is 0.636. The lowest BCUT2D eigenvalue weighted by Crippen LogP contribution is -2.38. The molecule has 1 aliphatic heterocycles. The summed E-state index contributed by atoms with van der Waals surface area (Å²) < 4.78 is 11.3. The minimum absolute atomic E-state index is 0.0386. The monoisotopic (exact) mass is 412 g/mol. The van der Waals surface area contributed by atoms with E-state index in [2.05, 4.69) is 24.0 Å². The van der Waals surface area contributed by atoms with E-state index >= 15 is 0 Å². The average molecular weight is 413 g/mol. The molecule has 0 atom stereocenters. The number of carbonyl (C=O) groups is 1. The summed E-state index contributed by atoms with van der Waals surface area (Å²) in [7, 11) is 1.61. The van der Waals surface area contributed by atoms with E-state index in [4.69, 9.17) is 14.5 Å². The highest BCUT2D eigenvalue weighted by atomic mass is 16.5. The van der Waals surface area contributed by atoms with Gasteiger partial charge in [-0.15, -0.1) is 0 Å². The summed E-state index contributed by atoms with van der Waals surface area (Å²) in [6, 6.07) is 5.46. The van der Waals surface area contributed by atoms with E-state index in [-0.39, 0.29) is 5.91 Å². The molecule has 2 fully saturated rings. The smallest absolute Gasteiger partial charge is 0.253 e. The van der Waals surface area contributed by atoms with E-state index in [1.165, 1.54) is 12.8 Å². The molecule has 1 aromatic heterocycles. The van der Waals surface area contributed by atoms with Crippen LogP contribution in [-0.2, 0) is 0 Å². The van der Waals surface area contributed by atoms with Crippen LogP contribution in [0.1, 0.15) is 79.8 Å². The van der Waals surface area contributed by atoms with Crippen LogP contribution in [0.2, 0.25) is 0 Å². The van der Waals surface area contributed by atoms with Gasteiger partial charge in [0, 0.05) is 30.5 Å². The Kier molecular flexibility index (Phi) is 6.25. The molecule has 1 N–H and O–H groups in total. The molecule has 1 amide bonds. The van der Waals surface area contributed by atoms with Gasteiger partial charge >= 0.3 is 0 Å². The zero-order chi connectivity index (χ0) is 21.1. The normalized spacial score (nSPS) is 17.4. The van der Waals surface area contributed by atoms with Crippen molar-refractivity contribution in [1.82, 2.24) is 20.1 Å². The van der Waals surface area contributed by atoms with Crippen molar-refractivity contribution in [1.29, 1.82) is 0 Å². The van der Waals surface area contributed by atoms with Crippen LogP contribution in [0.3, 0.4) is 0 Å². The number of aromatic nitrogens is 3. The third-order valence-corrected chi connectivity index (χ3v) is 5.99. The van der Waals surface area contributed by atoms with Crippen LogP contribution in [0.15, 0.2) is 18.2 Å². The van der Waals surface area contributed by atoms with E-state index in [1.54, 1.807) is 13.2 Å². The molecule has 1 aromatic carbocycles. The van der Waals surface area contributed by atoms with Gasteiger partial charge in [0.2, 0.25) is 0 Å². The van der Waals surface area contributed by atoms with Gasteiger partial charge in [-0.3, -0.25) is 9.89 Å². The molecular formula is C23H32N4O3. The van der Waals surface area contributed by atoms with Crippen LogP contribution in [-0.4, -0.2) is 52.8 Å². The van der Waals surface area contributed by atoms with Crippen LogP contribution in [0.25, 0.3) is 0 Å². The summed E-state index contributed by atoms with van der Waals surface area (Å²) >= 11 is 0. The van der Waals surface area contributed by atoms with Crippen LogP contribution in [0, 0.1) is 5.92 Å². The molecule has 0 unspecified atom stereocenters. The van der Waals surface area contributed by atoms with Gasteiger partial charge in [-0.1, -0.05) is 13.8 Å². The van der Waals surface area contributed by atoms with Crippen LogP contribution in [0.5, 0.6) is 11.5 Å². The maximum Gasteiger partial charge on any atom is 0.253 e. The Balaban J connectivity index is 1.34. The summed E-state index contributed by atoms with van der Waals surface area (Å²) in [4.78, 5) is 19.6. The quantitative estimate of drug-likeness (QED) is 0.705. The molecular weight excluding hydrogens is 380 g/mol. The number of methoxy groups -OCH3 is 1. The summed E-state index contributed by atoms with van der Waals surface area (Å²) in [5.74, 6) is 4.76. The van der Waals surface area contributed by atoms with E-state index in [1.807, 2.05) is 17.0 Å². The number of piperidine rings is 1. The van der Waals surface area contributed by atoms with Gasteiger partial charge in [0.05, 0.1) is 13.7 Å². The lowest BCUT2D eigenvalue weighted by Gasteiger charge is -2.31. The Morgan fingerprint density at radius 2 is 1.93 bits per heavy atom. The molecule has 1 saturated carbocycles. The van der Waals surface area contributed by atoms with Gasteiger partial charge in [0.1, 0.15) is 5.82 Å². The first-order valence-corrected chi connectivity index (χ1v) is 11.1. The minimum Gasteiger partial charge on any atom is -0.493 e. The van der Waals surface area contributed by atoms with Crippen molar-refractivity contribution in [3.8, 4) is 11.5 Å². The molecule has 7 nitrogen and oxygen atoms in total. The number of hydrogen-bond donors (Lipinski definition) is 1. The van der Waals surface area contributed by atoms with E-state index < -0.39 is 0 Å². The lowest BCUT2D eigenvalue weighted by atomic mass is 9.95. The molecule has 2 aliphatic rings. The number of amides is 1. The largest absolute Gasteiger partial charge is 0.493 e. The number of carbonyl (C=O) groups excluding carboxylic acids is 1. The van der Waals surface area contributed by atoms with Crippen molar-refractivity contribution in [3.05, 3.63) is 35.4 Å². The molecule has 1 saturated heterocycles. The SMILES string of the molecule is COc1cc(C(=O)N2CCC(c3nc(C4CC4)n[nH]3)CC2)ccc1OCCC(C)C. The molecule has 0 radical (unpaired) electrons. The van der Waals surface area contributed by atoms with Crippen LogP contribution >= 0.6 is 0 Å². The molecule has 30 heavy (non-hydrogen) atoms. The first kappa shape index (κ1) is 20.7. The number of nitrogens with one attached hydrogen (secondary N) is 1. The van der Waals surface area contributed by atoms with Crippen molar-refractivity contribution in [2.24, 2.45) is 5.92 Å². The predicted octanol–water partition coefficient (Wildman–Crippen LogP) is 4.14. The van der Waals surface area contributed by atoms with Gasteiger partial charge in [0.25, 0.3) is 5.91 Å². The average Bonchev–Trinajstić information content (AvgIpc) is 3.50. The Bertz CT molecular complexity index is 867. The standard InChI is InChI=1S/C23H32N4O3/c1-15(2)10-13-30-19-7-6-18(14-20(19)29-3)23(28)27-11-8-17(9-12-27)22-24-21(25-26-22)16-4-5-16/h6-7,14-17H,4-5,8-13H2,1-3H3,(H,24,25,26). The zero-order valence-electron chi connectivity index (χ0n) is 18.2. The van der Waals surface area contributed by atoms with Gasteiger partial charge in [-0.05, 0) is 56.2 Å². The van der Waals surface area contributed by atoms with Crippen LogP contribution < -0.4 is 9.47 Å². The molecule has 4 rings (SSSR count). The van der Waals surface area contributed by atoms with Crippen molar-refractivity contribution in [2.45, 2.75) is 57.8 Å². The molecule has 2 aromatic rings. The maximum atomic E-state index is 13.0. The first-order chi connectivity index (χ1) is 14.5. The minimum atomic E-state index is 0.0386. The molecule has 7 heteroatoms. The summed E-state index contributed by atoms with van der Waals surface area (Å²) in [5, 5.41) is 7.49. The summed E-state index contributed by atoms with van der Waals surface area (Å²) in [6.45, 7) is 6.41. The number of likely N-dealkylation sites (tertiary alicyclic amines) is 1. The number of aromatic amines is 1. The summed E-state index contributed by atoms with van der Waals surface area (Å²) in [6.07, 6.45) is 5.19. The van der Waals surface area contributed by atoms with E-state index in [0.29, 0.717) is 41.4 Å². The second-order valence-electron chi connectivity index (χ2n) is 8.82. The predicted molar refractivity (Wildman–Crippen MR) is 114 cm³/mol. The van der Waals surface area contributed by atoms with Crippen molar-refractivity contribution < 1.29 is 14.3 Å². The number of benzene rings is 1. The first-order valence-electron chi connectivity index (χ1n) is 11.1. The van der Waals surface area contributed by atoms with Gasteiger partial charge in [0.15, 0.2) is 17.3 Å². The molecule has 0 spiro atoms. The molecule has 162 valence electrons. The Hall–Kier alpha value is -2.57. The Morgan fingerprint density at radius 3 is 2.60 bits per heavy atom. The van der Waals surface area contributed by atoms with Gasteiger partial charge < -0.3 is 14.4 Å². The number of hydrogen-bond acceptors (Lipinski definition) is 5. The number of ether oxygens (including phenoxy) is 2. The fourth-order valence-corrected chi connectivity index (χ4v) is 3.86. The molecule has 0 bridgehead atoms. The second-order valence-corrected chi connectivity index (χ2v) is 8.82. The highest BCUT2D eigenvalue weighted by Crippen LogP contribution is 2.38. The third kappa shape index (κ3) is 4.77. The fourth-order valence-electron chi connectivity index (χ4n) is 3.86. The topological polar surface area (TPSA) is 80.3 Å². The van der Waals surface area contributed by atoms with Gasteiger partial charge in [-0.2, -0.15) is 5.10 Å². The van der Waals surface area contributed by atoms with Crippen molar-refractivity contribution in [3.63, 3.8) is 0 Å². The van der Waals surface area contributed by atoms with E-state index in [0.717, 1.165) is 44.0 Å².